The molecule has 0 bridgehead atoms. The Bertz CT molecular complexity index is 622. The van der Waals surface area contributed by atoms with Crippen LogP contribution in [0.5, 0.6) is 0 Å². The van der Waals surface area contributed by atoms with Crippen LogP contribution in [0, 0.1) is 6.92 Å². The Balaban J connectivity index is 2.17. The third-order valence-electron chi connectivity index (χ3n) is 3.68. The van der Waals surface area contributed by atoms with Crippen LogP contribution in [-0.4, -0.2) is 12.5 Å². The fourth-order valence-electron chi connectivity index (χ4n) is 2.54. The highest BCUT2D eigenvalue weighted by atomic mass is 16.1. The van der Waals surface area contributed by atoms with E-state index in [4.69, 9.17) is 5.73 Å². The molecule has 0 aliphatic rings. The molecule has 0 radical (unpaired) electrons. The minimum atomic E-state index is -0.0465. The van der Waals surface area contributed by atoms with E-state index in [2.05, 4.69) is 18.3 Å². The Morgan fingerprint density at radius 3 is 2.52 bits per heavy atom. The number of nitrogens with one attached hydrogen (secondary N) is 1. The molecular weight excluding hydrogens is 260 g/mol. The molecule has 0 aliphatic heterocycles. The fraction of sp³-hybridized carbons (Fsp3) is 0.278. The lowest BCUT2D eigenvalue weighted by Crippen LogP contribution is -2.28. The molecule has 3 heteroatoms. The number of carbonyl (C=O) groups is 1. The van der Waals surface area contributed by atoms with E-state index in [1.54, 1.807) is 0 Å². The summed E-state index contributed by atoms with van der Waals surface area (Å²) >= 11 is 0. The average Bonchev–Trinajstić information content (AvgIpc) is 2.48. The quantitative estimate of drug-likeness (QED) is 0.885. The van der Waals surface area contributed by atoms with Crippen molar-refractivity contribution in [2.45, 2.75) is 26.3 Å². The van der Waals surface area contributed by atoms with Crippen molar-refractivity contribution in [2.75, 3.05) is 6.54 Å². The first kappa shape index (κ1) is 15.3. The number of carbonyl (C=O) groups excluding carboxylic acids is 1. The molecule has 3 nitrogen and oxygen atoms in total. The van der Waals surface area contributed by atoms with E-state index in [-0.39, 0.29) is 11.9 Å². The smallest absolute Gasteiger partial charge is 0.252 e. The number of amides is 1. The van der Waals surface area contributed by atoms with E-state index in [0.717, 1.165) is 11.1 Å². The molecule has 2 rings (SSSR count). The van der Waals surface area contributed by atoms with Crippen LogP contribution in [0.3, 0.4) is 0 Å². The standard InChI is InChI=1S/C18H22N2O/c1-13-7-3-5-9-16(13)14(2)20-18(21)17-10-6-4-8-15(17)11-12-19/h3-10,14H,11-12,19H2,1-2H3,(H,20,21)/t14-/m1/s1. The predicted molar refractivity (Wildman–Crippen MR) is 86.3 cm³/mol. The predicted octanol–water partition coefficient (Wildman–Crippen LogP) is 2.99. The first-order chi connectivity index (χ1) is 10.1. The normalized spacial score (nSPS) is 12.0. The number of nitrogens with two attached hydrogens (primary N) is 1. The zero-order chi connectivity index (χ0) is 15.2. The first-order valence-corrected chi connectivity index (χ1v) is 7.28. The van der Waals surface area contributed by atoms with Gasteiger partial charge in [-0.3, -0.25) is 4.79 Å². The van der Waals surface area contributed by atoms with Gasteiger partial charge in [-0.25, -0.2) is 0 Å². The second kappa shape index (κ2) is 7.04. The lowest BCUT2D eigenvalue weighted by Gasteiger charge is -2.17. The molecule has 0 saturated carbocycles. The van der Waals surface area contributed by atoms with Gasteiger partial charge in [-0.1, -0.05) is 42.5 Å². The molecule has 2 aromatic rings. The van der Waals surface area contributed by atoms with Crippen molar-refractivity contribution in [3.05, 3.63) is 70.8 Å². The van der Waals surface area contributed by atoms with E-state index in [1.165, 1.54) is 5.56 Å². The van der Waals surface area contributed by atoms with Gasteiger partial charge in [0, 0.05) is 5.56 Å². The summed E-state index contributed by atoms with van der Waals surface area (Å²) in [6, 6.07) is 15.7. The summed E-state index contributed by atoms with van der Waals surface area (Å²) in [4.78, 5) is 12.5. The minimum absolute atomic E-state index is 0.0235. The Labute approximate surface area is 126 Å². The maximum atomic E-state index is 12.5. The van der Waals surface area contributed by atoms with Crippen molar-refractivity contribution >= 4 is 5.91 Å². The Morgan fingerprint density at radius 1 is 1.14 bits per heavy atom. The van der Waals surface area contributed by atoms with Crippen LogP contribution in [0.15, 0.2) is 48.5 Å². The third-order valence-corrected chi connectivity index (χ3v) is 3.68. The summed E-state index contributed by atoms with van der Waals surface area (Å²) in [7, 11) is 0. The van der Waals surface area contributed by atoms with E-state index >= 15 is 0 Å². The molecule has 3 N–H and O–H groups in total. The average molecular weight is 282 g/mol. The number of hydrogen-bond donors (Lipinski definition) is 2. The minimum Gasteiger partial charge on any atom is -0.345 e. The summed E-state index contributed by atoms with van der Waals surface area (Å²) in [5.41, 5.74) is 9.64. The van der Waals surface area contributed by atoms with Gasteiger partial charge >= 0.3 is 0 Å². The van der Waals surface area contributed by atoms with Crippen LogP contribution in [0.25, 0.3) is 0 Å². The van der Waals surface area contributed by atoms with Crippen LogP contribution in [0.2, 0.25) is 0 Å². The lowest BCUT2D eigenvalue weighted by molar-refractivity contribution is 0.0939. The van der Waals surface area contributed by atoms with Gasteiger partial charge < -0.3 is 11.1 Å². The topological polar surface area (TPSA) is 55.1 Å². The van der Waals surface area contributed by atoms with Crippen molar-refractivity contribution in [3.63, 3.8) is 0 Å². The van der Waals surface area contributed by atoms with E-state index < -0.39 is 0 Å². The molecule has 0 saturated heterocycles. The maximum absolute atomic E-state index is 12.5. The molecule has 0 unspecified atom stereocenters. The van der Waals surface area contributed by atoms with Gasteiger partial charge in [-0.15, -0.1) is 0 Å². The van der Waals surface area contributed by atoms with Crippen molar-refractivity contribution in [1.82, 2.24) is 5.32 Å². The summed E-state index contributed by atoms with van der Waals surface area (Å²) in [5, 5.41) is 3.07. The summed E-state index contributed by atoms with van der Waals surface area (Å²) in [6.45, 7) is 4.60. The van der Waals surface area contributed by atoms with Gasteiger partial charge in [0.2, 0.25) is 0 Å². The van der Waals surface area contributed by atoms with Gasteiger partial charge in [0.25, 0.3) is 5.91 Å². The molecule has 0 aromatic heterocycles. The highest BCUT2D eigenvalue weighted by Gasteiger charge is 2.15. The van der Waals surface area contributed by atoms with E-state index in [0.29, 0.717) is 18.5 Å². The molecule has 0 fully saturated rings. The highest BCUT2D eigenvalue weighted by molar-refractivity contribution is 5.95. The Hall–Kier alpha value is -2.13. The SMILES string of the molecule is Cc1ccccc1[C@@H](C)NC(=O)c1ccccc1CCN. The largest absolute Gasteiger partial charge is 0.345 e. The highest BCUT2D eigenvalue weighted by Crippen LogP contribution is 2.18. The third kappa shape index (κ3) is 3.70. The van der Waals surface area contributed by atoms with Gasteiger partial charge in [0.05, 0.1) is 6.04 Å². The molecular formula is C18H22N2O. The van der Waals surface area contributed by atoms with Crippen molar-refractivity contribution < 1.29 is 4.79 Å². The summed E-state index contributed by atoms with van der Waals surface area (Å²) in [6.07, 6.45) is 0.711. The van der Waals surface area contributed by atoms with Crippen molar-refractivity contribution in [2.24, 2.45) is 5.73 Å². The molecule has 2 aromatic carbocycles. The second-order valence-corrected chi connectivity index (χ2v) is 5.25. The monoisotopic (exact) mass is 282 g/mol. The van der Waals surface area contributed by atoms with Crippen LogP contribution in [-0.2, 0) is 6.42 Å². The molecule has 1 amide bonds. The zero-order valence-corrected chi connectivity index (χ0v) is 12.6. The van der Waals surface area contributed by atoms with Crippen molar-refractivity contribution in [3.8, 4) is 0 Å². The van der Waals surface area contributed by atoms with Crippen molar-refractivity contribution in [1.29, 1.82) is 0 Å². The number of aryl methyl sites for hydroxylation is 1. The van der Waals surface area contributed by atoms with Gasteiger partial charge in [-0.2, -0.15) is 0 Å². The van der Waals surface area contributed by atoms with E-state index in [9.17, 15) is 4.79 Å². The second-order valence-electron chi connectivity index (χ2n) is 5.25. The molecule has 0 heterocycles. The molecule has 21 heavy (non-hydrogen) atoms. The van der Waals surface area contributed by atoms with Gasteiger partial charge in [0.15, 0.2) is 0 Å². The number of rotatable bonds is 5. The van der Waals surface area contributed by atoms with Crippen LogP contribution in [0.1, 0.15) is 40.0 Å². The van der Waals surface area contributed by atoms with Crippen LogP contribution >= 0.6 is 0 Å². The zero-order valence-electron chi connectivity index (χ0n) is 12.6. The van der Waals surface area contributed by atoms with Crippen LogP contribution < -0.4 is 11.1 Å². The molecule has 110 valence electrons. The molecule has 0 aliphatic carbocycles. The Kier molecular flexibility index (Phi) is 5.12. The van der Waals surface area contributed by atoms with Crippen LogP contribution in [0.4, 0.5) is 0 Å². The number of hydrogen-bond acceptors (Lipinski definition) is 2. The molecule has 0 spiro atoms. The Morgan fingerprint density at radius 2 is 1.81 bits per heavy atom. The maximum Gasteiger partial charge on any atom is 0.252 e. The lowest BCUT2D eigenvalue weighted by atomic mass is 10.0. The van der Waals surface area contributed by atoms with Gasteiger partial charge in [0.1, 0.15) is 0 Å². The first-order valence-electron chi connectivity index (χ1n) is 7.28. The number of benzene rings is 2. The summed E-state index contributed by atoms with van der Waals surface area (Å²) in [5.74, 6) is -0.0465. The van der Waals surface area contributed by atoms with E-state index in [1.807, 2.05) is 49.4 Å². The van der Waals surface area contributed by atoms with Gasteiger partial charge in [-0.05, 0) is 49.6 Å². The fourth-order valence-corrected chi connectivity index (χ4v) is 2.54. The summed E-state index contributed by atoms with van der Waals surface area (Å²) < 4.78 is 0. The molecule has 1 atom stereocenters.